The molecule has 1 unspecified atom stereocenters. The Balaban J connectivity index is 1.87. The largest absolute Gasteiger partial charge is 0.490 e. The van der Waals surface area contributed by atoms with Crippen molar-refractivity contribution < 1.29 is 9.47 Å². The average Bonchev–Trinajstić information content (AvgIpc) is 2.72. The van der Waals surface area contributed by atoms with E-state index in [-0.39, 0.29) is 6.04 Å². The third-order valence-electron chi connectivity index (χ3n) is 3.22. The number of rotatable bonds is 3. The highest BCUT2D eigenvalue weighted by atomic mass is 32.2. The van der Waals surface area contributed by atoms with Gasteiger partial charge in [0.25, 0.3) is 0 Å². The summed E-state index contributed by atoms with van der Waals surface area (Å²) in [4.78, 5) is 5.51. The van der Waals surface area contributed by atoms with Gasteiger partial charge in [-0.1, -0.05) is 17.8 Å². The molecule has 2 heterocycles. The molecule has 0 radical (unpaired) electrons. The summed E-state index contributed by atoms with van der Waals surface area (Å²) in [5.74, 6) is 1.61. The SMILES string of the molecule is CC(N)c1cccnc1Sc1ccc2c(c1)OCCCO2. The maximum absolute atomic E-state index is 6.00. The summed E-state index contributed by atoms with van der Waals surface area (Å²) in [6, 6.07) is 9.88. The van der Waals surface area contributed by atoms with Gasteiger partial charge in [-0.15, -0.1) is 0 Å². The smallest absolute Gasteiger partial charge is 0.162 e. The Morgan fingerprint density at radius 3 is 2.81 bits per heavy atom. The maximum Gasteiger partial charge on any atom is 0.162 e. The second-order valence-electron chi connectivity index (χ2n) is 4.95. The van der Waals surface area contributed by atoms with Crippen LogP contribution in [0.4, 0.5) is 0 Å². The molecule has 0 bridgehead atoms. The molecular weight excluding hydrogens is 284 g/mol. The van der Waals surface area contributed by atoms with Crippen molar-refractivity contribution in [2.75, 3.05) is 13.2 Å². The zero-order valence-corrected chi connectivity index (χ0v) is 12.7. The lowest BCUT2D eigenvalue weighted by molar-refractivity contribution is 0.297. The first-order chi connectivity index (χ1) is 10.2. The molecule has 4 nitrogen and oxygen atoms in total. The average molecular weight is 302 g/mol. The van der Waals surface area contributed by atoms with Crippen molar-refractivity contribution in [3.8, 4) is 11.5 Å². The van der Waals surface area contributed by atoms with Gasteiger partial charge >= 0.3 is 0 Å². The molecule has 21 heavy (non-hydrogen) atoms. The molecule has 1 aliphatic rings. The zero-order valence-electron chi connectivity index (χ0n) is 11.9. The number of hydrogen-bond acceptors (Lipinski definition) is 5. The lowest BCUT2D eigenvalue weighted by Gasteiger charge is -2.12. The molecule has 2 aromatic rings. The van der Waals surface area contributed by atoms with Gasteiger partial charge in [-0.3, -0.25) is 0 Å². The summed E-state index contributed by atoms with van der Waals surface area (Å²) in [7, 11) is 0. The predicted octanol–water partition coefficient (Wildman–Crippen LogP) is 3.41. The molecule has 0 saturated heterocycles. The molecule has 110 valence electrons. The zero-order chi connectivity index (χ0) is 14.7. The Labute approximate surface area is 128 Å². The van der Waals surface area contributed by atoms with Gasteiger partial charge in [0.1, 0.15) is 5.03 Å². The van der Waals surface area contributed by atoms with Gasteiger partial charge in [0.15, 0.2) is 11.5 Å². The van der Waals surface area contributed by atoms with E-state index in [2.05, 4.69) is 4.98 Å². The van der Waals surface area contributed by atoms with Gasteiger partial charge in [-0.05, 0) is 31.2 Å². The van der Waals surface area contributed by atoms with Crippen LogP contribution in [0.5, 0.6) is 11.5 Å². The van der Waals surface area contributed by atoms with Crippen molar-refractivity contribution >= 4 is 11.8 Å². The molecule has 0 aliphatic carbocycles. The van der Waals surface area contributed by atoms with Crippen LogP contribution in [0.15, 0.2) is 46.5 Å². The Morgan fingerprint density at radius 2 is 2.00 bits per heavy atom. The van der Waals surface area contributed by atoms with E-state index in [1.54, 1.807) is 18.0 Å². The van der Waals surface area contributed by atoms with Crippen molar-refractivity contribution in [3.05, 3.63) is 42.1 Å². The normalized spacial score (nSPS) is 15.3. The van der Waals surface area contributed by atoms with Gasteiger partial charge in [-0.2, -0.15) is 0 Å². The van der Waals surface area contributed by atoms with Crippen LogP contribution < -0.4 is 15.2 Å². The number of ether oxygens (including phenoxy) is 2. The Kier molecular flexibility index (Phi) is 4.31. The fourth-order valence-corrected chi connectivity index (χ4v) is 3.16. The van der Waals surface area contributed by atoms with Crippen molar-refractivity contribution in [3.63, 3.8) is 0 Å². The number of nitrogens with zero attached hydrogens (tertiary/aromatic N) is 1. The van der Waals surface area contributed by atoms with E-state index >= 15 is 0 Å². The summed E-state index contributed by atoms with van der Waals surface area (Å²) < 4.78 is 11.4. The molecule has 1 aliphatic heterocycles. The Morgan fingerprint density at radius 1 is 1.19 bits per heavy atom. The Hall–Kier alpha value is -1.72. The predicted molar refractivity (Wildman–Crippen MR) is 83.0 cm³/mol. The molecule has 0 spiro atoms. The molecule has 1 atom stereocenters. The molecule has 1 aromatic heterocycles. The minimum Gasteiger partial charge on any atom is -0.490 e. The minimum absolute atomic E-state index is 0.0402. The first kappa shape index (κ1) is 14.2. The number of hydrogen-bond donors (Lipinski definition) is 1. The number of pyridine rings is 1. The van der Waals surface area contributed by atoms with E-state index in [1.807, 2.05) is 37.3 Å². The van der Waals surface area contributed by atoms with E-state index in [0.29, 0.717) is 13.2 Å². The molecule has 2 N–H and O–H groups in total. The van der Waals surface area contributed by atoms with Crippen LogP contribution in [0.25, 0.3) is 0 Å². The second kappa shape index (κ2) is 6.37. The first-order valence-corrected chi connectivity index (χ1v) is 7.83. The lowest BCUT2D eigenvalue weighted by Crippen LogP contribution is -2.07. The maximum atomic E-state index is 6.00. The number of benzene rings is 1. The fraction of sp³-hybridized carbons (Fsp3) is 0.312. The highest BCUT2D eigenvalue weighted by Crippen LogP contribution is 2.37. The Bertz CT molecular complexity index is 631. The van der Waals surface area contributed by atoms with Crippen LogP contribution in [0, 0.1) is 0 Å². The van der Waals surface area contributed by atoms with Crippen molar-refractivity contribution in [1.29, 1.82) is 0 Å². The number of aromatic nitrogens is 1. The van der Waals surface area contributed by atoms with Gasteiger partial charge in [0.2, 0.25) is 0 Å². The monoisotopic (exact) mass is 302 g/mol. The quantitative estimate of drug-likeness (QED) is 0.941. The van der Waals surface area contributed by atoms with Crippen LogP contribution in [-0.4, -0.2) is 18.2 Å². The minimum atomic E-state index is -0.0402. The number of fused-ring (bicyclic) bond motifs is 1. The summed E-state index contributed by atoms with van der Waals surface area (Å²) in [6.07, 6.45) is 2.70. The summed E-state index contributed by atoms with van der Waals surface area (Å²) in [6.45, 7) is 3.36. The topological polar surface area (TPSA) is 57.4 Å². The van der Waals surface area contributed by atoms with Crippen molar-refractivity contribution in [1.82, 2.24) is 4.98 Å². The lowest BCUT2D eigenvalue weighted by atomic mass is 10.2. The van der Waals surface area contributed by atoms with Crippen LogP contribution in [0.1, 0.15) is 24.9 Å². The molecule has 0 saturated carbocycles. The van der Waals surface area contributed by atoms with E-state index < -0.39 is 0 Å². The summed E-state index contributed by atoms with van der Waals surface area (Å²) in [5.41, 5.74) is 7.05. The van der Waals surface area contributed by atoms with Crippen LogP contribution in [0.3, 0.4) is 0 Å². The van der Waals surface area contributed by atoms with Gasteiger partial charge < -0.3 is 15.2 Å². The van der Waals surface area contributed by atoms with E-state index in [1.165, 1.54) is 0 Å². The van der Waals surface area contributed by atoms with E-state index in [4.69, 9.17) is 15.2 Å². The van der Waals surface area contributed by atoms with Crippen molar-refractivity contribution in [2.24, 2.45) is 5.73 Å². The van der Waals surface area contributed by atoms with Crippen LogP contribution >= 0.6 is 11.8 Å². The first-order valence-electron chi connectivity index (χ1n) is 7.02. The molecule has 3 rings (SSSR count). The number of nitrogens with two attached hydrogens (primary N) is 1. The summed E-state index contributed by atoms with van der Waals surface area (Å²) in [5, 5.41) is 0.932. The van der Waals surface area contributed by atoms with Gasteiger partial charge in [0.05, 0.1) is 13.2 Å². The van der Waals surface area contributed by atoms with Gasteiger partial charge in [0, 0.05) is 29.1 Å². The highest BCUT2D eigenvalue weighted by Gasteiger charge is 2.13. The molecular formula is C16H18N2O2S. The second-order valence-corrected chi connectivity index (χ2v) is 6.01. The molecule has 1 aromatic carbocycles. The standard InChI is InChI=1S/C16H18N2O2S/c1-11(17)13-4-2-7-18-16(13)21-12-5-6-14-15(10-12)20-9-3-8-19-14/h2,4-7,10-11H,3,8-9,17H2,1H3. The highest BCUT2D eigenvalue weighted by molar-refractivity contribution is 7.99. The van der Waals surface area contributed by atoms with Crippen molar-refractivity contribution in [2.45, 2.75) is 29.3 Å². The fourth-order valence-electron chi connectivity index (χ4n) is 2.15. The molecule has 0 amide bonds. The van der Waals surface area contributed by atoms with E-state index in [9.17, 15) is 0 Å². The third kappa shape index (κ3) is 3.31. The van der Waals surface area contributed by atoms with E-state index in [0.717, 1.165) is 33.4 Å². The van der Waals surface area contributed by atoms with Crippen LogP contribution in [-0.2, 0) is 0 Å². The summed E-state index contributed by atoms with van der Waals surface area (Å²) >= 11 is 1.60. The third-order valence-corrected chi connectivity index (χ3v) is 4.25. The van der Waals surface area contributed by atoms with Crippen LogP contribution in [0.2, 0.25) is 0 Å². The molecule has 0 fully saturated rings. The molecule has 5 heteroatoms. The van der Waals surface area contributed by atoms with Gasteiger partial charge in [-0.25, -0.2) is 4.98 Å².